The Labute approximate surface area is 100 Å². The molecule has 1 aliphatic rings. The summed E-state index contributed by atoms with van der Waals surface area (Å²) in [5, 5.41) is 13.8. The largest absolute Gasteiger partial charge is 0.395 e. The molecule has 0 aliphatic carbocycles. The molecule has 2 aromatic rings. The van der Waals surface area contributed by atoms with Crippen molar-refractivity contribution >= 4 is 21.6 Å². The van der Waals surface area contributed by atoms with Crippen molar-refractivity contribution in [1.29, 1.82) is 0 Å². The van der Waals surface area contributed by atoms with Gasteiger partial charge in [-0.3, -0.25) is 0 Å². The molecule has 0 unspecified atom stereocenters. The minimum atomic E-state index is -0.404. The van der Waals surface area contributed by atoms with E-state index < -0.39 is 5.41 Å². The Balaban J connectivity index is 2.11. The van der Waals surface area contributed by atoms with Crippen molar-refractivity contribution in [2.24, 2.45) is 0 Å². The number of pyridine rings is 1. The number of ether oxygens (including phenoxy) is 1. The molecule has 5 nitrogen and oxygen atoms in total. The van der Waals surface area contributed by atoms with Gasteiger partial charge in [0.1, 0.15) is 5.41 Å². The Morgan fingerprint density at radius 2 is 2.38 bits per heavy atom. The summed E-state index contributed by atoms with van der Waals surface area (Å²) in [6.07, 6.45) is 1.83. The van der Waals surface area contributed by atoms with Crippen LogP contribution in [0.4, 0.5) is 0 Å². The Hall–Kier alpha value is -0.980. The van der Waals surface area contributed by atoms with Crippen molar-refractivity contribution in [3.05, 3.63) is 28.6 Å². The van der Waals surface area contributed by atoms with Gasteiger partial charge in [-0.2, -0.15) is 5.10 Å². The average molecular weight is 284 g/mol. The summed E-state index contributed by atoms with van der Waals surface area (Å²) < 4.78 is 7.81. The van der Waals surface area contributed by atoms with Crippen LogP contribution in [-0.2, 0) is 10.2 Å². The lowest BCUT2D eigenvalue weighted by molar-refractivity contribution is -0.0882. The van der Waals surface area contributed by atoms with E-state index in [1.54, 1.807) is 4.52 Å². The predicted molar refractivity (Wildman–Crippen MR) is 60.3 cm³/mol. The molecule has 3 rings (SSSR count). The molecule has 2 aromatic heterocycles. The maximum absolute atomic E-state index is 9.39. The fourth-order valence-electron chi connectivity index (χ4n) is 1.72. The highest BCUT2D eigenvalue weighted by molar-refractivity contribution is 9.10. The highest BCUT2D eigenvalue weighted by atomic mass is 79.9. The van der Waals surface area contributed by atoms with Crippen LogP contribution in [0.15, 0.2) is 22.8 Å². The number of hydrogen-bond acceptors (Lipinski definition) is 4. The number of halogens is 1. The zero-order chi connectivity index (χ0) is 11.2. The van der Waals surface area contributed by atoms with Gasteiger partial charge in [-0.25, -0.2) is 9.50 Å². The third-order valence-corrected chi connectivity index (χ3v) is 3.33. The van der Waals surface area contributed by atoms with Crippen LogP contribution in [0.25, 0.3) is 5.65 Å². The first-order valence-corrected chi connectivity index (χ1v) is 5.74. The van der Waals surface area contributed by atoms with Gasteiger partial charge in [-0.05, 0) is 12.1 Å². The maximum atomic E-state index is 9.39. The SMILES string of the molecule is OCC1(c2nc3cc(Br)ccn3n2)COC1. The van der Waals surface area contributed by atoms with E-state index in [-0.39, 0.29) is 6.61 Å². The Morgan fingerprint density at radius 1 is 1.56 bits per heavy atom. The number of hydrogen-bond donors (Lipinski definition) is 1. The quantitative estimate of drug-likeness (QED) is 0.884. The van der Waals surface area contributed by atoms with Crippen LogP contribution >= 0.6 is 15.9 Å². The minimum absolute atomic E-state index is 0.0189. The smallest absolute Gasteiger partial charge is 0.164 e. The zero-order valence-electron chi connectivity index (χ0n) is 8.43. The predicted octanol–water partition coefficient (Wildman–Crippen LogP) is 0.752. The molecular weight excluding hydrogens is 274 g/mol. The zero-order valence-corrected chi connectivity index (χ0v) is 10.0. The van der Waals surface area contributed by atoms with Gasteiger partial charge < -0.3 is 9.84 Å². The van der Waals surface area contributed by atoms with Gasteiger partial charge in [0.25, 0.3) is 0 Å². The van der Waals surface area contributed by atoms with E-state index in [2.05, 4.69) is 26.0 Å². The van der Waals surface area contributed by atoms with Crippen LogP contribution in [0.1, 0.15) is 5.82 Å². The molecule has 0 bridgehead atoms. The summed E-state index contributed by atoms with van der Waals surface area (Å²) in [4.78, 5) is 4.42. The van der Waals surface area contributed by atoms with E-state index >= 15 is 0 Å². The molecule has 0 saturated carbocycles. The van der Waals surface area contributed by atoms with Crippen molar-refractivity contribution in [2.45, 2.75) is 5.41 Å². The molecule has 0 aromatic carbocycles. The topological polar surface area (TPSA) is 59.7 Å². The van der Waals surface area contributed by atoms with E-state index in [9.17, 15) is 5.11 Å². The van der Waals surface area contributed by atoms with Crippen LogP contribution in [0.5, 0.6) is 0 Å². The number of nitrogens with zero attached hydrogens (tertiary/aromatic N) is 3. The van der Waals surface area contributed by atoms with Crippen molar-refractivity contribution in [3.63, 3.8) is 0 Å². The lowest BCUT2D eigenvalue weighted by atomic mass is 9.86. The van der Waals surface area contributed by atoms with Crippen LogP contribution < -0.4 is 0 Å². The Morgan fingerprint density at radius 3 is 3.00 bits per heavy atom. The monoisotopic (exact) mass is 283 g/mol. The standard InChI is InChI=1S/C10H10BrN3O2/c11-7-1-2-14-8(3-7)12-9(13-14)10(4-15)5-16-6-10/h1-3,15H,4-6H2. The first-order chi connectivity index (χ1) is 7.73. The molecule has 1 N–H and O–H groups in total. The molecule has 0 atom stereocenters. The molecular formula is C10H10BrN3O2. The summed E-state index contributed by atoms with van der Waals surface area (Å²) in [5.41, 5.74) is 0.363. The van der Waals surface area contributed by atoms with Gasteiger partial charge in [0.05, 0.1) is 19.8 Å². The molecule has 0 amide bonds. The van der Waals surface area contributed by atoms with E-state index in [0.717, 1.165) is 10.1 Å². The Kier molecular flexibility index (Phi) is 2.24. The van der Waals surface area contributed by atoms with Crippen molar-refractivity contribution in [2.75, 3.05) is 19.8 Å². The number of aliphatic hydroxyl groups is 1. The summed E-state index contributed by atoms with van der Waals surface area (Å²) in [7, 11) is 0. The second-order valence-electron chi connectivity index (χ2n) is 4.01. The molecule has 0 spiro atoms. The lowest BCUT2D eigenvalue weighted by Gasteiger charge is -2.36. The van der Waals surface area contributed by atoms with Gasteiger partial charge >= 0.3 is 0 Å². The van der Waals surface area contributed by atoms with E-state index in [1.165, 1.54) is 0 Å². The highest BCUT2D eigenvalue weighted by Crippen LogP contribution is 2.29. The molecule has 16 heavy (non-hydrogen) atoms. The second kappa shape index (κ2) is 3.51. The van der Waals surface area contributed by atoms with E-state index in [4.69, 9.17) is 4.74 Å². The molecule has 6 heteroatoms. The third kappa shape index (κ3) is 1.37. The summed E-state index contributed by atoms with van der Waals surface area (Å²) in [6, 6.07) is 3.79. The summed E-state index contributed by atoms with van der Waals surface area (Å²) in [5.74, 6) is 0.652. The number of aromatic nitrogens is 3. The first kappa shape index (κ1) is 10.2. The molecule has 0 radical (unpaired) electrons. The Bertz CT molecular complexity index is 530. The average Bonchev–Trinajstić information content (AvgIpc) is 2.60. The maximum Gasteiger partial charge on any atom is 0.164 e. The normalized spacial score (nSPS) is 18.6. The van der Waals surface area contributed by atoms with Crippen molar-refractivity contribution < 1.29 is 9.84 Å². The summed E-state index contributed by atoms with van der Waals surface area (Å²) >= 11 is 3.39. The van der Waals surface area contributed by atoms with E-state index in [0.29, 0.717) is 19.0 Å². The number of aliphatic hydroxyl groups excluding tert-OH is 1. The van der Waals surface area contributed by atoms with Gasteiger partial charge in [0.2, 0.25) is 0 Å². The molecule has 1 saturated heterocycles. The van der Waals surface area contributed by atoms with Gasteiger partial charge in [0.15, 0.2) is 11.5 Å². The fraction of sp³-hybridized carbons (Fsp3) is 0.400. The van der Waals surface area contributed by atoms with Crippen molar-refractivity contribution in [1.82, 2.24) is 14.6 Å². The molecule has 1 aliphatic heterocycles. The number of rotatable bonds is 2. The van der Waals surface area contributed by atoms with Crippen LogP contribution in [0.2, 0.25) is 0 Å². The number of fused-ring (bicyclic) bond motifs is 1. The lowest BCUT2D eigenvalue weighted by Crippen LogP contribution is -2.50. The fourth-order valence-corrected chi connectivity index (χ4v) is 2.04. The van der Waals surface area contributed by atoms with Crippen LogP contribution in [0.3, 0.4) is 0 Å². The molecule has 3 heterocycles. The highest BCUT2D eigenvalue weighted by Gasteiger charge is 2.43. The molecule has 1 fully saturated rings. The van der Waals surface area contributed by atoms with Crippen molar-refractivity contribution in [3.8, 4) is 0 Å². The van der Waals surface area contributed by atoms with Gasteiger partial charge in [0, 0.05) is 10.7 Å². The minimum Gasteiger partial charge on any atom is -0.395 e. The van der Waals surface area contributed by atoms with Gasteiger partial charge in [-0.1, -0.05) is 15.9 Å². The van der Waals surface area contributed by atoms with Crippen LogP contribution in [0, 0.1) is 0 Å². The van der Waals surface area contributed by atoms with Crippen LogP contribution in [-0.4, -0.2) is 39.5 Å². The third-order valence-electron chi connectivity index (χ3n) is 2.83. The first-order valence-electron chi connectivity index (χ1n) is 4.95. The molecule has 84 valence electrons. The van der Waals surface area contributed by atoms with E-state index in [1.807, 2.05) is 18.3 Å². The van der Waals surface area contributed by atoms with Gasteiger partial charge in [-0.15, -0.1) is 0 Å². The second-order valence-corrected chi connectivity index (χ2v) is 4.93. The summed E-state index contributed by atoms with van der Waals surface area (Å²) in [6.45, 7) is 0.994.